The topological polar surface area (TPSA) is 60.5 Å². The molecular formula is C27H38N2O5S2. The Bertz CT molecular complexity index is 972. The molecule has 3 aliphatic rings. The van der Waals surface area contributed by atoms with E-state index in [9.17, 15) is 4.79 Å². The Labute approximate surface area is 227 Å². The Balaban J connectivity index is 0.00000180. The van der Waals surface area contributed by atoms with Gasteiger partial charge in [0.25, 0.3) is 0 Å². The Morgan fingerprint density at radius 1 is 0.972 bits per heavy atom. The standard InChI is InChI=1S/C27H34N2O5.2H2S/c1-31-23-7-8-25-26(16-23)34-24(19-32-25)17-28-12-9-20(10-13-28)11-14-29-22(18-33-27(29)30)15-21-5-3-2-4-6-21;;/h2-8,16,20,22,24H,9-15,17-19H2,1H3;2*1H2/t22-,24-;;/m0../s1. The highest BCUT2D eigenvalue weighted by Crippen LogP contribution is 2.35. The average Bonchev–Trinajstić information content (AvgIpc) is 3.22. The first-order valence-corrected chi connectivity index (χ1v) is 12.3. The molecule has 0 radical (unpaired) electrons. The number of nitrogens with zero attached hydrogens (tertiary/aromatic N) is 2. The van der Waals surface area contributed by atoms with Crippen LogP contribution in [0.2, 0.25) is 0 Å². The second kappa shape index (κ2) is 13.4. The second-order valence-electron chi connectivity index (χ2n) is 9.51. The number of methoxy groups -OCH3 is 1. The van der Waals surface area contributed by atoms with Gasteiger partial charge in [0, 0.05) is 19.2 Å². The lowest BCUT2D eigenvalue weighted by Gasteiger charge is -2.36. The molecule has 0 unspecified atom stereocenters. The van der Waals surface area contributed by atoms with E-state index in [-0.39, 0.29) is 45.2 Å². The van der Waals surface area contributed by atoms with Crippen molar-refractivity contribution in [2.75, 3.05) is 46.5 Å². The molecule has 36 heavy (non-hydrogen) atoms. The fourth-order valence-corrected chi connectivity index (χ4v) is 5.20. The van der Waals surface area contributed by atoms with E-state index in [2.05, 4.69) is 17.0 Å². The number of amides is 1. The van der Waals surface area contributed by atoms with Crippen LogP contribution in [0.1, 0.15) is 24.8 Å². The van der Waals surface area contributed by atoms with Crippen molar-refractivity contribution in [3.8, 4) is 17.2 Å². The average molecular weight is 535 g/mol. The largest absolute Gasteiger partial charge is 0.497 e. The Morgan fingerprint density at radius 2 is 1.75 bits per heavy atom. The molecule has 1 amide bonds. The van der Waals surface area contributed by atoms with Crippen LogP contribution in [0.15, 0.2) is 48.5 Å². The molecule has 9 heteroatoms. The summed E-state index contributed by atoms with van der Waals surface area (Å²) in [6, 6.07) is 16.2. The zero-order chi connectivity index (χ0) is 23.3. The maximum Gasteiger partial charge on any atom is 0.410 e. The minimum Gasteiger partial charge on any atom is -0.497 e. The van der Waals surface area contributed by atoms with Gasteiger partial charge < -0.3 is 23.8 Å². The fraction of sp³-hybridized carbons (Fsp3) is 0.519. The number of ether oxygens (including phenoxy) is 4. The number of cyclic esters (lactones) is 1. The fourth-order valence-electron chi connectivity index (χ4n) is 5.20. The number of fused-ring (bicyclic) bond motifs is 1. The number of carbonyl (C=O) groups is 1. The van der Waals surface area contributed by atoms with Crippen molar-refractivity contribution in [3.63, 3.8) is 0 Å². The second-order valence-corrected chi connectivity index (χ2v) is 9.51. The summed E-state index contributed by atoms with van der Waals surface area (Å²) in [6.45, 7) is 4.80. The first kappa shape index (κ1) is 28.3. The van der Waals surface area contributed by atoms with Crippen LogP contribution < -0.4 is 14.2 Å². The number of benzene rings is 2. The van der Waals surface area contributed by atoms with Crippen LogP contribution in [0.5, 0.6) is 17.2 Å². The Kier molecular flexibility index (Phi) is 10.5. The molecule has 0 aromatic heterocycles. The maximum absolute atomic E-state index is 12.3. The molecule has 2 fully saturated rings. The van der Waals surface area contributed by atoms with E-state index in [1.807, 2.05) is 41.3 Å². The van der Waals surface area contributed by atoms with Crippen LogP contribution in [-0.4, -0.2) is 74.5 Å². The summed E-state index contributed by atoms with van der Waals surface area (Å²) < 4.78 is 22.8. The van der Waals surface area contributed by atoms with Crippen LogP contribution >= 0.6 is 27.0 Å². The van der Waals surface area contributed by atoms with Gasteiger partial charge >= 0.3 is 6.09 Å². The number of piperidine rings is 1. The molecule has 2 aromatic rings. The third-order valence-electron chi connectivity index (χ3n) is 7.21. The highest BCUT2D eigenvalue weighted by Gasteiger charge is 2.33. The van der Waals surface area contributed by atoms with Gasteiger partial charge in [0.1, 0.15) is 25.1 Å². The van der Waals surface area contributed by atoms with Crippen LogP contribution in [-0.2, 0) is 11.2 Å². The van der Waals surface area contributed by atoms with Crippen molar-refractivity contribution >= 4 is 33.1 Å². The van der Waals surface area contributed by atoms with Gasteiger partial charge in [-0.3, -0.25) is 4.90 Å². The molecule has 0 N–H and O–H groups in total. The third kappa shape index (κ3) is 6.95. The van der Waals surface area contributed by atoms with Gasteiger partial charge in [-0.1, -0.05) is 30.3 Å². The summed E-state index contributed by atoms with van der Waals surface area (Å²) in [5, 5.41) is 0. The Hall–Kier alpha value is -2.23. The zero-order valence-electron chi connectivity index (χ0n) is 20.9. The highest BCUT2D eigenvalue weighted by molar-refractivity contribution is 7.59. The van der Waals surface area contributed by atoms with Gasteiger partial charge in [-0.25, -0.2) is 4.79 Å². The van der Waals surface area contributed by atoms with Gasteiger partial charge in [-0.05, 0) is 62.4 Å². The molecule has 7 nitrogen and oxygen atoms in total. The van der Waals surface area contributed by atoms with E-state index in [1.54, 1.807) is 7.11 Å². The van der Waals surface area contributed by atoms with Crippen LogP contribution in [0.25, 0.3) is 0 Å². The van der Waals surface area contributed by atoms with Crippen molar-refractivity contribution in [1.82, 2.24) is 9.80 Å². The molecule has 0 spiro atoms. The molecule has 0 bridgehead atoms. The normalized spacial score (nSPS) is 21.8. The van der Waals surface area contributed by atoms with E-state index in [4.69, 9.17) is 18.9 Å². The van der Waals surface area contributed by atoms with Crippen molar-refractivity contribution < 1.29 is 23.7 Å². The molecule has 0 saturated carbocycles. The minimum atomic E-state index is -0.162. The molecule has 3 heterocycles. The summed E-state index contributed by atoms with van der Waals surface area (Å²) >= 11 is 0. The van der Waals surface area contributed by atoms with E-state index >= 15 is 0 Å². The number of carbonyl (C=O) groups excluding carboxylic acids is 1. The molecule has 198 valence electrons. The minimum absolute atomic E-state index is 0. The molecule has 5 rings (SSSR count). The van der Waals surface area contributed by atoms with Gasteiger partial charge in [0.05, 0.1) is 13.2 Å². The predicted molar refractivity (Wildman–Crippen MR) is 149 cm³/mol. The van der Waals surface area contributed by atoms with Crippen LogP contribution in [0.4, 0.5) is 4.79 Å². The maximum atomic E-state index is 12.3. The SMILES string of the molecule is COc1ccc2c(c1)O[C@@H](CN1CCC(CCN3C(=O)OC[C@@H]3Cc3ccccc3)CC1)CO2.S.S. The van der Waals surface area contributed by atoms with Gasteiger partial charge in [0.2, 0.25) is 0 Å². The highest BCUT2D eigenvalue weighted by atomic mass is 32.1. The smallest absolute Gasteiger partial charge is 0.410 e. The number of rotatable bonds is 8. The zero-order valence-corrected chi connectivity index (χ0v) is 22.9. The summed E-state index contributed by atoms with van der Waals surface area (Å²) in [7, 11) is 1.66. The number of hydrogen-bond acceptors (Lipinski definition) is 6. The summed E-state index contributed by atoms with van der Waals surface area (Å²) in [5.74, 6) is 2.95. The van der Waals surface area contributed by atoms with E-state index in [1.165, 1.54) is 5.56 Å². The predicted octanol–water partition coefficient (Wildman–Crippen LogP) is 4.23. The van der Waals surface area contributed by atoms with Crippen LogP contribution in [0.3, 0.4) is 0 Å². The van der Waals surface area contributed by atoms with E-state index in [0.717, 1.165) is 69.1 Å². The van der Waals surface area contributed by atoms with Crippen molar-refractivity contribution in [2.24, 2.45) is 5.92 Å². The molecular weight excluding hydrogens is 496 g/mol. The molecule has 2 aromatic carbocycles. The molecule has 2 atom stereocenters. The molecule has 3 aliphatic heterocycles. The first-order valence-electron chi connectivity index (χ1n) is 12.3. The third-order valence-corrected chi connectivity index (χ3v) is 7.21. The molecule has 2 saturated heterocycles. The Morgan fingerprint density at radius 3 is 2.50 bits per heavy atom. The number of hydrogen-bond donors (Lipinski definition) is 0. The van der Waals surface area contributed by atoms with Crippen molar-refractivity contribution in [3.05, 3.63) is 54.1 Å². The van der Waals surface area contributed by atoms with Crippen LogP contribution in [0, 0.1) is 5.92 Å². The molecule has 0 aliphatic carbocycles. The summed E-state index contributed by atoms with van der Waals surface area (Å²) in [6.07, 6.45) is 4.03. The van der Waals surface area contributed by atoms with E-state index < -0.39 is 0 Å². The van der Waals surface area contributed by atoms with Gasteiger partial charge in [0.15, 0.2) is 11.5 Å². The quantitative estimate of drug-likeness (QED) is 0.505. The van der Waals surface area contributed by atoms with Crippen molar-refractivity contribution in [2.45, 2.75) is 37.8 Å². The first-order chi connectivity index (χ1) is 16.7. The monoisotopic (exact) mass is 534 g/mol. The summed E-state index contributed by atoms with van der Waals surface area (Å²) in [5.41, 5.74) is 1.25. The lowest BCUT2D eigenvalue weighted by atomic mass is 9.93. The van der Waals surface area contributed by atoms with Gasteiger partial charge in [-0.2, -0.15) is 27.0 Å². The number of likely N-dealkylation sites (tertiary alicyclic amines) is 1. The van der Waals surface area contributed by atoms with E-state index in [0.29, 0.717) is 19.1 Å². The lowest BCUT2D eigenvalue weighted by molar-refractivity contribution is 0.0463. The lowest BCUT2D eigenvalue weighted by Crippen LogP contribution is -2.44. The summed E-state index contributed by atoms with van der Waals surface area (Å²) in [4.78, 5) is 16.7. The van der Waals surface area contributed by atoms with Gasteiger partial charge in [-0.15, -0.1) is 0 Å². The van der Waals surface area contributed by atoms with Crippen molar-refractivity contribution in [1.29, 1.82) is 0 Å².